The van der Waals surface area contributed by atoms with E-state index in [2.05, 4.69) is 0 Å². The second-order valence-electron chi connectivity index (χ2n) is 4.81. The number of anilines is 1. The van der Waals surface area contributed by atoms with Crippen LogP contribution in [0.5, 0.6) is 0 Å². The highest BCUT2D eigenvalue weighted by atomic mass is 35.5. The minimum absolute atomic E-state index is 0.0626. The van der Waals surface area contributed by atoms with Crippen LogP contribution >= 0.6 is 11.6 Å². The van der Waals surface area contributed by atoms with Crippen LogP contribution in [-0.2, 0) is 6.54 Å². The summed E-state index contributed by atoms with van der Waals surface area (Å²) in [7, 11) is 0. The first-order valence-electron chi connectivity index (χ1n) is 7.10. The average Bonchev–Trinajstić information content (AvgIpc) is 2.51. The maximum absolute atomic E-state index is 13.2. The number of hydrogen-bond acceptors (Lipinski definition) is 2. The first-order valence-corrected chi connectivity index (χ1v) is 7.48. The Hall–Kier alpha value is -2.34. The molecule has 2 rings (SSSR count). The topological polar surface area (TPSA) is 62.5 Å². The number of amides is 1. The van der Waals surface area contributed by atoms with Crippen molar-refractivity contribution in [2.24, 2.45) is 0 Å². The molecule has 23 heavy (non-hydrogen) atoms. The molecular formula is C16H16ClFN2O3. The van der Waals surface area contributed by atoms with Gasteiger partial charge in [0.05, 0.1) is 11.4 Å². The number of aromatic nitrogens is 1. The summed E-state index contributed by atoms with van der Waals surface area (Å²) in [6.45, 7) is 3.92. The normalized spacial score (nSPS) is 10.6. The SMILES string of the molecule is CCN(C(=O)O)c1cc(Cl)c(=O)n(CC)c1-c1ccc(F)cc1. The van der Waals surface area contributed by atoms with Gasteiger partial charge >= 0.3 is 6.09 Å². The Morgan fingerprint density at radius 3 is 2.39 bits per heavy atom. The molecule has 1 amide bonds. The average molecular weight is 339 g/mol. The predicted molar refractivity (Wildman–Crippen MR) is 87.8 cm³/mol. The van der Waals surface area contributed by atoms with Gasteiger partial charge in [0.1, 0.15) is 10.8 Å². The van der Waals surface area contributed by atoms with E-state index < -0.39 is 17.5 Å². The summed E-state index contributed by atoms with van der Waals surface area (Å²) in [6.07, 6.45) is -1.16. The van der Waals surface area contributed by atoms with E-state index in [4.69, 9.17) is 11.6 Å². The molecule has 0 fully saturated rings. The van der Waals surface area contributed by atoms with Crippen LogP contribution in [0, 0.1) is 5.82 Å². The number of carbonyl (C=O) groups is 1. The summed E-state index contributed by atoms with van der Waals surface area (Å²) in [5.41, 5.74) is 0.805. The molecule has 1 aromatic heterocycles. The van der Waals surface area contributed by atoms with Crippen molar-refractivity contribution in [3.63, 3.8) is 0 Å². The summed E-state index contributed by atoms with van der Waals surface area (Å²) >= 11 is 5.98. The van der Waals surface area contributed by atoms with Crippen LogP contribution in [0.2, 0.25) is 5.02 Å². The number of pyridine rings is 1. The molecule has 0 aliphatic heterocycles. The highest BCUT2D eigenvalue weighted by molar-refractivity contribution is 6.30. The molecular weight excluding hydrogens is 323 g/mol. The van der Waals surface area contributed by atoms with Crippen LogP contribution < -0.4 is 10.5 Å². The number of carboxylic acid groups (broad SMARTS) is 1. The summed E-state index contributed by atoms with van der Waals surface area (Å²) in [5, 5.41) is 9.34. The number of benzene rings is 1. The Bertz CT molecular complexity index is 787. The first-order chi connectivity index (χ1) is 10.9. The highest BCUT2D eigenvalue weighted by Crippen LogP contribution is 2.32. The predicted octanol–water partition coefficient (Wildman–Crippen LogP) is 3.83. The highest BCUT2D eigenvalue weighted by Gasteiger charge is 2.22. The molecule has 0 saturated carbocycles. The fourth-order valence-electron chi connectivity index (χ4n) is 2.45. The maximum atomic E-state index is 13.2. The van der Waals surface area contributed by atoms with Gasteiger partial charge in [-0.15, -0.1) is 0 Å². The molecule has 0 saturated heterocycles. The van der Waals surface area contributed by atoms with Crippen molar-refractivity contribution in [2.75, 3.05) is 11.4 Å². The van der Waals surface area contributed by atoms with Crippen LogP contribution in [0.4, 0.5) is 14.9 Å². The zero-order valence-electron chi connectivity index (χ0n) is 12.7. The minimum Gasteiger partial charge on any atom is -0.465 e. The van der Waals surface area contributed by atoms with Gasteiger partial charge in [0, 0.05) is 18.7 Å². The first kappa shape index (κ1) is 17.0. The molecule has 122 valence electrons. The molecule has 1 N–H and O–H groups in total. The molecule has 1 aromatic carbocycles. The smallest absolute Gasteiger partial charge is 0.411 e. The molecule has 7 heteroatoms. The van der Waals surface area contributed by atoms with Gasteiger partial charge in [0.25, 0.3) is 5.56 Å². The van der Waals surface area contributed by atoms with E-state index in [1.807, 2.05) is 0 Å². The van der Waals surface area contributed by atoms with E-state index in [9.17, 15) is 19.1 Å². The second kappa shape index (κ2) is 6.83. The molecule has 0 atom stereocenters. The molecule has 5 nitrogen and oxygen atoms in total. The van der Waals surface area contributed by atoms with Crippen molar-refractivity contribution in [2.45, 2.75) is 20.4 Å². The van der Waals surface area contributed by atoms with Crippen molar-refractivity contribution in [1.82, 2.24) is 4.57 Å². The lowest BCUT2D eigenvalue weighted by Gasteiger charge is -2.24. The lowest BCUT2D eigenvalue weighted by Crippen LogP contribution is -2.32. The Labute approximate surface area is 137 Å². The summed E-state index contributed by atoms with van der Waals surface area (Å²) in [6, 6.07) is 6.86. The zero-order valence-corrected chi connectivity index (χ0v) is 13.5. The molecule has 0 unspecified atom stereocenters. The summed E-state index contributed by atoms with van der Waals surface area (Å²) in [5.74, 6) is -0.416. The van der Waals surface area contributed by atoms with Gasteiger partial charge in [-0.2, -0.15) is 0 Å². The molecule has 0 radical (unpaired) electrons. The van der Waals surface area contributed by atoms with Crippen LogP contribution in [0.15, 0.2) is 35.1 Å². The van der Waals surface area contributed by atoms with Crippen LogP contribution in [0.3, 0.4) is 0 Å². The molecule has 1 heterocycles. The van der Waals surface area contributed by atoms with E-state index in [0.29, 0.717) is 17.8 Å². The number of hydrogen-bond donors (Lipinski definition) is 1. The number of halogens is 2. The molecule has 0 aliphatic rings. The lowest BCUT2D eigenvalue weighted by molar-refractivity contribution is 0.202. The quantitative estimate of drug-likeness (QED) is 0.921. The lowest BCUT2D eigenvalue weighted by atomic mass is 10.1. The van der Waals surface area contributed by atoms with Crippen molar-refractivity contribution >= 4 is 23.4 Å². The Morgan fingerprint density at radius 1 is 1.30 bits per heavy atom. The van der Waals surface area contributed by atoms with Crippen molar-refractivity contribution in [1.29, 1.82) is 0 Å². The van der Waals surface area contributed by atoms with Gasteiger partial charge < -0.3 is 9.67 Å². The van der Waals surface area contributed by atoms with Crippen LogP contribution in [0.1, 0.15) is 13.8 Å². The van der Waals surface area contributed by atoms with Gasteiger partial charge in [-0.25, -0.2) is 9.18 Å². The van der Waals surface area contributed by atoms with Gasteiger partial charge in [-0.1, -0.05) is 11.6 Å². The Kier molecular flexibility index (Phi) is 5.05. The Balaban J connectivity index is 2.85. The monoisotopic (exact) mass is 338 g/mol. The van der Waals surface area contributed by atoms with Crippen LogP contribution in [-0.4, -0.2) is 22.3 Å². The van der Waals surface area contributed by atoms with E-state index in [0.717, 1.165) is 4.90 Å². The molecule has 0 bridgehead atoms. The van der Waals surface area contributed by atoms with Crippen LogP contribution in [0.25, 0.3) is 11.3 Å². The van der Waals surface area contributed by atoms with Crippen molar-refractivity contribution in [3.05, 3.63) is 51.5 Å². The minimum atomic E-state index is -1.16. The van der Waals surface area contributed by atoms with Gasteiger partial charge in [0.2, 0.25) is 0 Å². The fourth-order valence-corrected chi connectivity index (χ4v) is 2.65. The van der Waals surface area contributed by atoms with Gasteiger partial charge in [0.15, 0.2) is 0 Å². The molecule has 0 aliphatic carbocycles. The zero-order chi connectivity index (χ0) is 17.1. The van der Waals surface area contributed by atoms with Crippen molar-refractivity contribution in [3.8, 4) is 11.3 Å². The largest absolute Gasteiger partial charge is 0.465 e. The third-order valence-corrected chi connectivity index (χ3v) is 3.77. The van der Waals surface area contributed by atoms with Crippen molar-refractivity contribution < 1.29 is 14.3 Å². The number of nitrogens with zero attached hydrogens (tertiary/aromatic N) is 2. The second-order valence-corrected chi connectivity index (χ2v) is 5.22. The molecule has 0 spiro atoms. The Morgan fingerprint density at radius 2 is 1.91 bits per heavy atom. The van der Waals surface area contributed by atoms with Gasteiger partial charge in [-0.3, -0.25) is 9.69 Å². The van der Waals surface area contributed by atoms with E-state index in [1.54, 1.807) is 13.8 Å². The molecule has 2 aromatic rings. The standard InChI is InChI=1S/C16H16ClFN2O3/c1-3-19(16(22)23)13-9-12(17)15(21)20(4-2)14(13)10-5-7-11(18)8-6-10/h5-9H,3-4H2,1-2H3,(H,22,23). The fraction of sp³-hybridized carbons (Fsp3) is 0.250. The van der Waals surface area contributed by atoms with Gasteiger partial charge in [-0.05, 0) is 44.2 Å². The van der Waals surface area contributed by atoms with E-state index >= 15 is 0 Å². The summed E-state index contributed by atoms with van der Waals surface area (Å²) in [4.78, 5) is 24.9. The summed E-state index contributed by atoms with van der Waals surface area (Å²) < 4.78 is 14.6. The van der Waals surface area contributed by atoms with E-state index in [-0.39, 0.29) is 17.3 Å². The third-order valence-electron chi connectivity index (χ3n) is 3.50. The number of rotatable bonds is 4. The maximum Gasteiger partial charge on any atom is 0.411 e. The van der Waals surface area contributed by atoms with E-state index in [1.165, 1.54) is 34.9 Å². The third kappa shape index (κ3) is 3.22.